The first-order valence-electron chi connectivity index (χ1n) is 12.4. The Hall–Kier alpha value is -1.84. The SMILES string of the molecule is CC(C)[Si](Oc1ccc2c(c1)CCc1ccccc1/C2=C\CCN(C)C)(C(C)C)C(C)C. The van der Waals surface area contributed by atoms with E-state index in [4.69, 9.17) is 4.43 Å². The van der Waals surface area contributed by atoms with Crippen molar-refractivity contribution in [3.8, 4) is 5.75 Å². The molecule has 0 atom stereocenters. The molecular formula is C29H43NOSi. The largest absolute Gasteiger partial charge is 0.543 e. The molecule has 0 saturated heterocycles. The second-order valence-electron chi connectivity index (χ2n) is 10.6. The van der Waals surface area contributed by atoms with Crippen LogP contribution in [-0.4, -0.2) is 33.9 Å². The molecule has 174 valence electrons. The lowest BCUT2D eigenvalue weighted by molar-refractivity contribution is 0.417. The van der Waals surface area contributed by atoms with Gasteiger partial charge in [0.25, 0.3) is 8.32 Å². The molecule has 0 aliphatic heterocycles. The molecule has 0 unspecified atom stereocenters. The zero-order valence-corrected chi connectivity index (χ0v) is 22.5. The van der Waals surface area contributed by atoms with Gasteiger partial charge in [0.1, 0.15) is 5.75 Å². The molecule has 0 amide bonds. The molecule has 0 N–H and O–H groups in total. The van der Waals surface area contributed by atoms with E-state index in [1.165, 1.54) is 27.8 Å². The summed E-state index contributed by atoms with van der Waals surface area (Å²) in [6.07, 6.45) is 5.64. The standard InChI is InChI=1S/C29H43NOSi/c1-21(2)32(22(3)4,23(5)6)31-26-17-18-28-25(20-26)16-15-24-12-9-10-13-27(24)29(28)14-11-19-30(7)8/h9-10,12-14,17-18,20-23H,11,15-16,19H2,1-8H3/b29-14+. The van der Waals surface area contributed by atoms with Crippen molar-refractivity contribution in [3.05, 3.63) is 70.8 Å². The number of nitrogens with zero attached hydrogens (tertiary/aromatic N) is 1. The van der Waals surface area contributed by atoms with Crippen LogP contribution >= 0.6 is 0 Å². The number of hydrogen-bond donors (Lipinski definition) is 0. The van der Waals surface area contributed by atoms with Crippen molar-refractivity contribution in [2.45, 2.75) is 77.4 Å². The van der Waals surface area contributed by atoms with Gasteiger partial charge < -0.3 is 9.33 Å². The summed E-state index contributed by atoms with van der Waals surface area (Å²) in [5.41, 5.74) is 8.78. The number of hydrogen-bond acceptors (Lipinski definition) is 2. The van der Waals surface area contributed by atoms with Crippen LogP contribution in [0.25, 0.3) is 5.57 Å². The quantitative estimate of drug-likeness (QED) is 0.382. The van der Waals surface area contributed by atoms with Gasteiger partial charge in [0, 0.05) is 6.54 Å². The normalized spacial score (nSPS) is 15.4. The third-order valence-corrected chi connectivity index (χ3v) is 13.3. The van der Waals surface area contributed by atoms with Gasteiger partial charge in [0.15, 0.2) is 0 Å². The zero-order chi connectivity index (χ0) is 23.5. The fourth-order valence-corrected chi connectivity index (χ4v) is 11.0. The Morgan fingerprint density at radius 3 is 2.06 bits per heavy atom. The van der Waals surface area contributed by atoms with Crippen molar-refractivity contribution in [2.75, 3.05) is 20.6 Å². The lowest BCUT2D eigenvalue weighted by Crippen LogP contribution is -2.50. The summed E-state index contributed by atoms with van der Waals surface area (Å²) < 4.78 is 7.03. The van der Waals surface area contributed by atoms with Crippen LogP contribution in [0.3, 0.4) is 0 Å². The third kappa shape index (κ3) is 5.04. The van der Waals surface area contributed by atoms with Crippen LogP contribution < -0.4 is 4.43 Å². The molecule has 0 bridgehead atoms. The van der Waals surface area contributed by atoms with Gasteiger partial charge in [-0.15, -0.1) is 0 Å². The third-order valence-electron chi connectivity index (χ3n) is 7.26. The maximum absolute atomic E-state index is 7.03. The molecule has 3 rings (SSSR count). The van der Waals surface area contributed by atoms with Crippen LogP contribution in [0.15, 0.2) is 48.5 Å². The summed E-state index contributed by atoms with van der Waals surface area (Å²) in [7, 11) is 2.33. The van der Waals surface area contributed by atoms with E-state index in [2.05, 4.69) is 109 Å². The average molecular weight is 450 g/mol. The van der Waals surface area contributed by atoms with Crippen molar-refractivity contribution in [1.29, 1.82) is 0 Å². The van der Waals surface area contributed by atoms with Crippen molar-refractivity contribution < 1.29 is 4.43 Å². The molecule has 0 aromatic heterocycles. The number of benzene rings is 2. The first-order valence-corrected chi connectivity index (χ1v) is 14.6. The highest BCUT2D eigenvalue weighted by molar-refractivity contribution is 6.78. The predicted molar refractivity (Wildman–Crippen MR) is 142 cm³/mol. The summed E-state index contributed by atoms with van der Waals surface area (Å²) in [4.78, 5) is 2.26. The summed E-state index contributed by atoms with van der Waals surface area (Å²) in [5, 5.41) is 0. The zero-order valence-electron chi connectivity index (χ0n) is 21.5. The number of aryl methyl sites for hydroxylation is 2. The fraction of sp³-hybridized carbons (Fsp3) is 0.517. The van der Waals surface area contributed by atoms with Crippen molar-refractivity contribution >= 4 is 13.9 Å². The lowest BCUT2D eigenvalue weighted by Gasteiger charge is -2.42. The number of rotatable bonds is 8. The molecule has 2 aromatic rings. The second kappa shape index (κ2) is 10.4. The highest BCUT2D eigenvalue weighted by atomic mass is 28.4. The fourth-order valence-electron chi connectivity index (χ4n) is 5.76. The summed E-state index contributed by atoms with van der Waals surface area (Å²) in [6, 6.07) is 15.9. The van der Waals surface area contributed by atoms with Crippen LogP contribution in [-0.2, 0) is 12.8 Å². The van der Waals surface area contributed by atoms with Gasteiger partial charge in [-0.3, -0.25) is 0 Å². The molecule has 0 saturated carbocycles. The molecule has 0 fully saturated rings. The first kappa shape index (κ1) is 24.8. The van der Waals surface area contributed by atoms with Gasteiger partial charge in [0.05, 0.1) is 0 Å². The molecule has 1 aliphatic carbocycles. The van der Waals surface area contributed by atoms with E-state index in [-0.39, 0.29) is 0 Å². The van der Waals surface area contributed by atoms with E-state index < -0.39 is 8.32 Å². The first-order chi connectivity index (χ1) is 15.2. The van der Waals surface area contributed by atoms with E-state index in [1.54, 1.807) is 0 Å². The maximum Gasteiger partial charge on any atom is 0.258 e. The van der Waals surface area contributed by atoms with E-state index in [0.717, 1.165) is 31.6 Å². The van der Waals surface area contributed by atoms with Crippen molar-refractivity contribution in [1.82, 2.24) is 4.90 Å². The van der Waals surface area contributed by atoms with Crippen LogP contribution in [0.5, 0.6) is 5.75 Å². The van der Waals surface area contributed by atoms with E-state index >= 15 is 0 Å². The van der Waals surface area contributed by atoms with Gasteiger partial charge in [-0.05, 0) is 89.9 Å². The van der Waals surface area contributed by atoms with Crippen molar-refractivity contribution in [3.63, 3.8) is 0 Å². The van der Waals surface area contributed by atoms with Crippen LogP contribution in [0.1, 0.15) is 70.2 Å². The van der Waals surface area contributed by atoms with Crippen molar-refractivity contribution in [2.24, 2.45) is 0 Å². The van der Waals surface area contributed by atoms with Crippen LogP contribution in [0.4, 0.5) is 0 Å². The van der Waals surface area contributed by atoms with Gasteiger partial charge in [-0.25, -0.2) is 0 Å². The Labute approximate surface area is 197 Å². The Bertz CT molecular complexity index is 920. The summed E-state index contributed by atoms with van der Waals surface area (Å²) >= 11 is 0. The topological polar surface area (TPSA) is 12.5 Å². The smallest absolute Gasteiger partial charge is 0.258 e. The molecule has 0 spiro atoms. The Balaban J connectivity index is 2.03. The number of fused-ring (bicyclic) bond motifs is 2. The Kier molecular flexibility index (Phi) is 8.05. The van der Waals surface area contributed by atoms with Gasteiger partial charge in [-0.1, -0.05) is 78.0 Å². The monoisotopic (exact) mass is 449 g/mol. The van der Waals surface area contributed by atoms with E-state index in [0.29, 0.717) is 16.6 Å². The molecule has 2 aromatic carbocycles. The highest BCUT2D eigenvalue weighted by Crippen LogP contribution is 2.44. The lowest BCUT2D eigenvalue weighted by atomic mass is 9.93. The molecule has 32 heavy (non-hydrogen) atoms. The van der Waals surface area contributed by atoms with Gasteiger partial charge in [-0.2, -0.15) is 0 Å². The Morgan fingerprint density at radius 1 is 0.844 bits per heavy atom. The molecule has 0 radical (unpaired) electrons. The van der Waals surface area contributed by atoms with Crippen LogP contribution in [0.2, 0.25) is 16.6 Å². The minimum absolute atomic E-state index is 0.576. The van der Waals surface area contributed by atoms with E-state index in [9.17, 15) is 0 Å². The molecular weight excluding hydrogens is 406 g/mol. The van der Waals surface area contributed by atoms with Crippen LogP contribution in [0, 0.1) is 0 Å². The molecule has 1 aliphatic rings. The molecule has 3 heteroatoms. The van der Waals surface area contributed by atoms with E-state index in [1.807, 2.05) is 0 Å². The summed E-state index contributed by atoms with van der Waals surface area (Å²) in [5.74, 6) is 1.07. The second-order valence-corrected chi connectivity index (χ2v) is 16.0. The predicted octanol–water partition coefficient (Wildman–Crippen LogP) is 7.72. The maximum atomic E-state index is 7.03. The van der Waals surface area contributed by atoms with Gasteiger partial charge >= 0.3 is 0 Å². The van der Waals surface area contributed by atoms with Gasteiger partial charge in [0.2, 0.25) is 0 Å². The Morgan fingerprint density at radius 2 is 1.44 bits per heavy atom. The minimum Gasteiger partial charge on any atom is -0.543 e. The molecule has 0 heterocycles. The average Bonchev–Trinajstić information content (AvgIpc) is 2.88. The highest BCUT2D eigenvalue weighted by Gasteiger charge is 2.47. The minimum atomic E-state index is -1.96. The molecule has 2 nitrogen and oxygen atoms in total. The summed E-state index contributed by atoms with van der Waals surface area (Å²) in [6.45, 7) is 15.2.